The number of amides is 1. The zero-order chi connectivity index (χ0) is 21.8. The molecule has 1 amide bonds. The number of hydrogen-bond acceptors (Lipinski definition) is 4. The molecule has 0 unspecified atom stereocenters. The lowest BCUT2D eigenvalue weighted by Crippen LogP contribution is -2.40. The Labute approximate surface area is 178 Å². The number of benzene rings is 2. The Hall–Kier alpha value is -2.29. The third-order valence-electron chi connectivity index (χ3n) is 3.93. The summed E-state index contributed by atoms with van der Waals surface area (Å²) >= 11 is 5.18. The van der Waals surface area contributed by atoms with Crippen LogP contribution in [-0.4, -0.2) is 25.0 Å². The minimum absolute atomic E-state index is 0.131. The molecule has 29 heavy (non-hydrogen) atoms. The molecule has 0 atom stereocenters. The predicted molar refractivity (Wildman–Crippen MR) is 121 cm³/mol. The van der Waals surface area contributed by atoms with E-state index in [1.165, 1.54) is 12.1 Å². The molecule has 0 radical (unpaired) electrons. The van der Waals surface area contributed by atoms with Crippen LogP contribution in [-0.2, 0) is 10.0 Å². The maximum absolute atomic E-state index is 12.3. The summed E-state index contributed by atoms with van der Waals surface area (Å²) in [6.07, 6.45) is 0. The first-order chi connectivity index (χ1) is 13.4. The molecule has 2 aromatic carbocycles. The minimum Gasteiger partial charge on any atom is -0.332 e. The molecule has 0 saturated carbocycles. The van der Waals surface area contributed by atoms with E-state index in [1.54, 1.807) is 45.0 Å². The van der Waals surface area contributed by atoms with Gasteiger partial charge in [0.2, 0.25) is 10.0 Å². The number of carbonyl (C=O) groups excluding carboxylic acids is 1. The van der Waals surface area contributed by atoms with Crippen LogP contribution in [0.1, 0.15) is 56.5 Å². The molecule has 0 heterocycles. The quantitative estimate of drug-likeness (QED) is 0.620. The highest BCUT2D eigenvalue weighted by Crippen LogP contribution is 2.17. The van der Waals surface area contributed by atoms with Gasteiger partial charge in [-0.25, -0.2) is 13.1 Å². The van der Waals surface area contributed by atoms with Crippen molar-refractivity contribution in [3.05, 3.63) is 59.7 Å². The second-order valence-electron chi connectivity index (χ2n) is 8.06. The maximum Gasteiger partial charge on any atom is 0.257 e. The number of anilines is 1. The Morgan fingerprint density at radius 3 is 2.00 bits per heavy atom. The summed E-state index contributed by atoms with van der Waals surface area (Å²) in [6, 6.07) is 13.5. The fourth-order valence-corrected chi connectivity index (χ4v) is 4.17. The Balaban J connectivity index is 1.99. The Morgan fingerprint density at radius 2 is 1.52 bits per heavy atom. The molecule has 0 aromatic heterocycles. The van der Waals surface area contributed by atoms with Gasteiger partial charge in [0, 0.05) is 16.8 Å². The van der Waals surface area contributed by atoms with E-state index >= 15 is 0 Å². The zero-order valence-corrected chi connectivity index (χ0v) is 18.9. The molecule has 0 saturated heterocycles. The summed E-state index contributed by atoms with van der Waals surface area (Å²) in [5.41, 5.74) is 1.65. The van der Waals surface area contributed by atoms with E-state index in [0.717, 1.165) is 5.56 Å². The van der Waals surface area contributed by atoms with E-state index in [4.69, 9.17) is 12.2 Å². The summed E-state index contributed by atoms with van der Waals surface area (Å²) in [4.78, 5) is 12.5. The second kappa shape index (κ2) is 9.02. The number of sulfonamides is 1. The average molecular weight is 434 g/mol. The largest absolute Gasteiger partial charge is 0.332 e. The molecule has 2 rings (SSSR count). The third-order valence-corrected chi connectivity index (χ3v) is 5.91. The van der Waals surface area contributed by atoms with Crippen molar-refractivity contribution in [1.82, 2.24) is 10.0 Å². The molecule has 0 aliphatic rings. The van der Waals surface area contributed by atoms with Gasteiger partial charge in [0.05, 0.1) is 4.90 Å². The molecular weight excluding hydrogens is 406 g/mol. The van der Waals surface area contributed by atoms with E-state index < -0.39 is 15.6 Å². The summed E-state index contributed by atoms with van der Waals surface area (Å²) in [5.74, 6) is 0.0756. The summed E-state index contributed by atoms with van der Waals surface area (Å²) < 4.78 is 27.3. The van der Waals surface area contributed by atoms with E-state index in [1.807, 2.05) is 12.1 Å². The van der Waals surface area contributed by atoms with Crippen molar-refractivity contribution in [2.75, 3.05) is 5.32 Å². The van der Waals surface area contributed by atoms with Crippen LogP contribution in [0.2, 0.25) is 0 Å². The summed E-state index contributed by atoms with van der Waals surface area (Å²) in [5, 5.41) is 5.63. The highest BCUT2D eigenvalue weighted by atomic mass is 32.2. The lowest BCUT2D eigenvalue weighted by atomic mass is 10.0. The van der Waals surface area contributed by atoms with Crippen LogP contribution in [0.25, 0.3) is 0 Å². The van der Waals surface area contributed by atoms with Crippen LogP contribution < -0.4 is 15.4 Å². The third kappa shape index (κ3) is 6.92. The standard InChI is InChI=1S/C21H27N3O3S2/c1-14(2)15-6-8-16(9-7-15)19(25)23-20(28)22-17-10-12-18(13-11-17)29(26,27)24-21(3,4)5/h6-14,24H,1-5H3,(H2,22,23,25,28). The Bertz CT molecular complexity index is 975. The van der Waals surface area contributed by atoms with E-state index in [2.05, 4.69) is 29.2 Å². The van der Waals surface area contributed by atoms with Crippen molar-refractivity contribution in [1.29, 1.82) is 0 Å². The molecule has 0 aliphatic carbocycles. The maximum atomic E-state index is 12.3. The molecule has 3 N–H and O–H groups in total. The molecule has 156 valence electrons. The van der Waals surface area contributed by atoms with Crippen LogP contribution >= 0.6 is 12.2 Å². The van der Waals surface area contributed by atoms with Crippen molar-refractivity contribution >= 4 is 38.9 Å². The normalized spacial score (nSPS) is 11.9. The van der Waals surface area contributed by atoms with Gasteiger partial charge in [0.15, 0.2) is 5.11 Å². The summed E-state index contributed by atoms with van der Waals surface area (Å²) in [7, 11) is -3.61. The Morgan fingerprint density at radius 1 is 0.966 bits per heavy atom. The molecule has 0 fully saturated rings. The molecule has 2 aromatic rings. The van der Waals surface area contributed by atoms with Crippen LogP contribution in [0.5, 0.6) is 0 Å². The monoisotopic (exact) mass is 433 g/mol. The van der Waals surface area contributed by atoms with E-state index in [9.17, 15) is 13.2 Å². The molecule has 8 heteroatoms. The van der Waals surface area contributed by atoms with Gasteiger partial charge in [-0.2, -0.15) is 0 Å². The lowest BCUT2D eigenvalue weighted by Gasteiger charge is -2.20. The lowest BCUT2D eigenvalue weighted by molar-refractivity contribution is 0.0977. The van der Waals surface area contributed by atoms with Gasteiger partial charge in [-0.05, 0) is 80.9 Å². The number of carbonyl (C=O) groups is 1. The number of rotatable bonds is 5. The predicted octanol–water partition coefficient (Wildman–Crippen LogP) is 4.01. The first-order valence-corrected chi connectivity index (χ1v) is 11.1. The van der Waals surface area contributed by atoms with Gasteiger partial charge >= 0.3 is 0 Å². The first kappa shape index (κ1) is 23.0. The minimum atomic E-state index is -3.61. The van der Waals surface area contributed by atoms with Gasteiger partial charge in [-0.15, -0.1) is 0 Å². The van der Waals surface area contributed by atoms with Gasteiger partial charge < -0.3 is 5.32 Å². The van der Waals surface area contributed by atoms with Crippen LogP contribution in [0.3, 0.4) is 0 Å². The van der Waals surface area contributed by atoms with E-state index in [-0.39, 0.29) is 15.9 Å². The van der Waals surface area contributed by atoms with Gasteiger partial charge in [-0.3, -0.25) is 10.1 Å². The fourth-order valence-electron chi connectivity index (χ4n) is 2.54. The molecule has 0 aliphatic heterocycles. The summed E-state index contributed by atoms with van der Waals surface area (Å²) in [6.45, 7) is 9.50. The first-order valence-electron chi connectivity index (χ1n) is 9.24. The van der Waals surface area contributed by atoms with Crippen LogP contribution in [0.4, 0.5) is 5.69 Å². The SMILES string of the molecule is CC(C)c1ccc(C(=O)NC(=S)Nc2ccc(S(=O)(=O)NC(C)(C)C)cc2)cc1. The molecule has 6 nitrogen and oxygen atoms in total. The van der Waals surface area contributed by atoms with Gasteiger partial charge in [0.1, 0.15) is 0 Å². The molecule has 0 spiro atoms. The fraction of sp³-hybridized carbons (Fsp3) is 0.333. The average Bonchev–Trinajstić information content (AvgIpc) is 2.60. The molecular formula is C21H27N3O3S2. The van der Waals surface area contributed by atoms with Gasteiger partial charge in [-0.1, -0.05) is 26.0 Å². The molecule has 0 bridgehead atoms. The zero-order valence-electron chi connectivity index (χ0n) is 17.2. The highest BCUT2D eigenvalue weighted by molar-refractivity contribution is 7.89. The van der Waals surface area contributed by atoms with Crippen molar-refractivity contribution in [2.45, 2.75) is 51.0 Å². The number of thiocarbonyl (C=S) groups is 1. The van der Waals surface area contributed by atoms with Gasteiger partial charge in [0.25, 0.3) is 5.91 Å². The number of nitrogens with one attached hydrogen (secondary N) is 3. The number of hydrogen-bond donors (Lipinski definition) is 3. The van der Waals surface area contributed by atoms with Crippen molar-refractivity contribution in [3.63, 3.8) is 0 Å². The smallest absolute Gasteiger partial charge is 0.257 e. The second-order valence-corrected chi connectivity index (χ2v) is 10.2. The highest BCUT2D eigenvalue weighted by Gasteiger charge is 2.21. The van der Waals surface area contributed by atoms with Crippen molar-refractivity contribution in [3.8, 4) is 0 Å². The van der Waals surface area contributed by atoms with Crippen molar-refractivity contribution in [2.24, 2.45) is 0 Å². The van der Waals surface area contributed by atoms with Crippen molar-refractivity contribution < 1.29 is 13.2 Å². The Kier molecular flexibility index (Phi) is 7.15. The van der Waals surface area contributed by atoms with E-state index in [0.29, 0.717) is 17.2 Å². The topological polar surface area (TPSA) is 87.3 Å². The van der Waals surface area contributed by atoms with Crippen LogP contribution in [0.15, 0.2) is 53.4 Å². The van der Waals surface area contributed by atoms with Crippen LogP contribution in [0, 0.1) is 0 Å².